The molecule has 2 aliphatic rings. The largest absolute Gasteiger partial charge is 0.378 e. The van der Waals surface area contributed by atoms with Crippen LogP contribution in [0.3, 0.4) is 0 Å². The van der Waals surface area contributed by atoms with Crippen LogP contribution in [0.5, 0.6) is 0 Å². The quantitative estimate of drug-likeness (QED) is 0.902. The number of H-pyrrole nitrogens is 1. The number of ether oxygens (including phenoxy) is 1. The maximum absolute atomic E-state index is 12.6. The Bertz CT molecular complexity index is 693. The number of aromatic amines is 1. The van der Waals surface area contributed by atoms with Crippen molar-refractivity contribution in [2.75, 3.05) is 26.3 Å². The summed E-state index contributed by atoms with van der Waals surface area (Å²) in [7, 11) is 0. The third kappa shape index (κ3) is 2.84. The molecule has 122 valence electrons. The van der Waals surface area contributed by atoms with Crippen LogP contribution >= 0.6 is 0 Å². The number of rotatable bonds is 3. The zero-order valence-electron chi connectivity index (χ0n) is 13.1. The molecule has 0 bridgehead atoms. The Morgan fingerprint density at radius 2 is 2.04 bits per heavy atom. The van der Waals surface area contributed by atoms with Crippen molar-refractivity contribution in [1.29, 1.82) is 0 Å². The highest BCUT2D eigenvalue weighted by Crippen LogP contribution is 2.20. The zero-order chi connectivity index (χ0) is 15.6. The van der Waals surface area contributed by atoms with E-state index in [0.29, 0.717) is 18.9 Å². The maximum atomic E-state index is 12.6. The summed E-state index contributed by atoms with van der Waals surface area (Å²) in [6.45, 7) is 3.49. The molecule has 23 heavy (non-hydrogen) atoms. The van der Waals surface area contributed by atoms with Crippen LogP contribution in [0.1, 0.15) is 29.8 Å². The number of nitrogens with one attached hydrogen (secondary N) is 2. The normalized spacial score (nSPS) is 25.7. The molecule has 0 aliphatic carbocycles. The highest BCUT2D eigenvalue weighted by molar-refractivity contribution is 6.04. The molecule has 0 saturated carbocycles. The first-order valence-electron chi connectivity index (χ1n) is 8.39. The van der Waals surface area contributed by atoms with E-state index in [1.54, 1.807) is 0 Å². The van der Waals surface area contributed by atoms with Crippen molar-refractivity contribution in [3.63, 3.8) is 0 Å². The summed E-state index contributed by atoms with van der Waals surface area (Å²) in [5, 5.41) is 11.1. The fraction of sp³-hybridized carbons (Fsp3) is 0.529. The zero-order valence-corrected chi connectivity index (χ0v) is 13.1. The van der Waals surface area contributed by atoms with Gasteiger partial charge in [0.15, 0.2) is 5.69 Å². The molecular weight excluding hydrogens is 292 g/mol. The van der Waals surface area contributed by atoms with Gasteiger partial charge in [-0.15, -0.1) is 0 Å². The van der Waals surface area contributed by atoms with Gasteiger partial charge in [0.2, 0.25) is 0 Å². The first kappa shape index (κ1) is 14.7. The van der Waals surface area contributed by atoms with Crippen LogP contribution in [0.15, 0.2) is 24.3 Å². The van der Waals surface area contributed by atoms with Crippen LogP contribution in [-0.4, -0.2) is 59.4 Å². The molecule has 0 spiro atoms. The van der Waals surface area contributed by atoms with E-state index in [0.717, 1.165) is 24.0 Å². The van der Waals surface area contributed by atoms with E-state index in [-0.39, 0.29) is 18.0 Å². The van der Waals surface area contributed by atoms with Crippen LogP contribution in [0, 0.1) is 0 Å². The Balaban J connectivity index is 1.49. The Labute approximate surface area is 135 Å². The molecule has 0 unspecified atom stereocenters. The van der Waals surface area contributed by atoms with E-state index in [9.17, 15) is 4.79 Å². The summed E-state index contributed by atoms with van der Waals surface area (Å²) in [6.07, 6.45) is 3.78. The minimum Gasteiger partial charge on any atom is -0.378 e. The summed E-state index contributed by atoms with van der Waals surface area (Å²) in [6, 6.07) is 8.01. The Morgan fingerprint density at radius 3 is 2.91 bits per heavy atom. The number of hydrogen-bond acceptors (Lipinski definition) is 4. The molecule has 2 fully saturated rings. The fourth-order valence-corrected chi connectivity index (χ4v) is 3.66. The lowest BCUT2D eigenvalue weighted by Crippen LogP contribution is -2.52. The lowest BCUT2D eigenvalue weighted by Gasteiger charge is -2.34. The van der Waals surface area contributed by atoms with Crippen LogP contribution in [0.2, 0.25) is 0 Å². The molecule has 0 radical (unpaired) electrons. The van der Waals surface area contributed by atoms with Gasteiger partial charge in [0, 0.05) is 5.39 Å². The fourth-order valence-electron chi connectivity index (χ4n) is 3.66. The molecule has 2 N–H and O–H groups in total. The number of amides is 1. The molecule has 2 atom stereocenters. The molecule has 2 aliphatic heterocycles. The van der Waals surface area contributed by atoms with Gasteiger partial charge in [-0.3, -0.25) is 14.8 Å². The van der Waals surface area contributed by atoms with Crippen LogP contribution in [-0.2, 0) is 4.74 Å². The summed E-state index contributed by atoms with van der Waals surface area (Å²) in [5.74, 6) is -0.125. The maximum Gasteiger partial charge on any atom is 0.272 e. The SMILES string of the molecule is O=C(N[C@H]1COC[C@@H]1N1CCCCC1)c1n[nH]c2ccccc12. The number of carbonyl (C=O) groups excluding carboxylic acids is 1. The van der Waals surface area contributed by atoms with Crippen molar-refractivity contribution in [2.24, 2.45) is 0 Å². The van der Waals surface area contributed by atoms with E-state index >= 15 is 0 Å². The van der Waals surface area contributed by atoms with Gasteiger partial charge in [0.05, 0.1) is 30.8 Å². The lowest BCUT2D eigenvalue weighted by molar-refractivity contribution is 0.0896. The lowest BCUT2D eigenvalue weighted by atomic mass is 10.0. The summed E-state index contributed by atoms with van der Waals surface area (Å²) < 4.78 is 5.64. The number of nitrogens with zero attached hydrogens (tertiary/aromatic N) is 2. The van der Waals surface area contributed by atoms with Crippen molar-refractivity contribution >= 4 is 16.8 Å². The first-order chi connectivity index (χ1) is 11.3. The third-order valence-corrected chi connectivity index (χ3v) is 4.91. The number of likely N-dealkylation sites (tertiary alicyclic amines) is 1. The van der Waals surface area contributed by atoms with Crippen LogP contribution < -0.4 is 5.32 Å². The van der Waals surface area contributed by atoms with Gasteiger partial charge in [0.1, 0.15) is 0 Å². The molecule has 2 saturated heterocycles. The van der Waals surface area contributed by atoms with Gasteiger partial charge in [-0.1, -0.05) is 24.6 Å². The topological polar surface area (TPSA) is 70.2 Å². The van der Waals surface area contributed by atoms with Gasteiger partial charge < -0.3 is 10.1 Å². The van der Waals surface area contributed by atoms with E-state index in [4.69, 9.17) is 4.74 Å². The van der Waals surface area contributed by atoms with Gasteiger partial charge in [-0.05, 0) is 32.0 Å². The number of piperidine rings is 1. The third-order valence-electron chi connectivity index (χ3n) is 4.91. The van der Waals surface area contributed by atoms with E-state index < -0.39 is 0 Å². The number of hydrogen-bond donors (Lipinski definition) is 2. The predicted octanol–water partition coefficient (Wildman–Crippen LogP) is 1.55. The van der Waals surface area contributed by atoms with Gasteiger partial charge in [0.25, 0.3) is 5.91 Å². The Hall–Kier alpha value is -1.92. The number of benzene rings is 1. The van der Waals surface area contributed by atoms with E-state index in [2.05, 4.69) is 20.4 Å². The number of fused-ring (bicyclic) bond motifs is 1. The summed E-state index contributed by atoms with van der Waals surface area (Å²) in [4.78, 5) is 15.1. The van der Waals surface area contributed by atoms with Gasteiger partial charge in [-0.2, -0.15) is 5.10 Å². The highest BCUT2D eigenvalue weighted by atomic mass is 16.5. The van der Waals surface area contributed by atoms with Crippen molar-refractivity contribution in [2.45, 2.75) is 31.3 Å². The number of para-hydroxylation sites is 1. The second kappa shape index (κ2) is 6.29. The molecule has 6 nitrogen and oxygen atoms in total. The minimum atomic E-state index is -0.125. The van der Waals surface area contributed by atoms with Crippen molar-refractivity contribution in [1.82, 2.24) is 20.4 Å². The monoisotopic (exact) mass is 314 g/mol. The van der Waals surface area contributed by atoms with Crippen molar-refractivity contribution < 1.29 is 9.53 Å². The summed E-state index contributed by atoms with van der Waals surface area (Å²) >= 11 is 0. The van der Waals surface area contributed by atoms with Gasteiger partial charge in [-0.25, -0.2) is 0 Å². The molecule has 1 aromatic heterocycles. The molecule has 1 aromatic carbocycles. The number of carbonyl (C=O) groups is 1. The summed E-state index contributed by atoms with van der Waals surface area (Å²) in [5.41, 5.74) is 1.35. The molecule has 6 heteroatoms. The second-order valence-electron chi connectivity index (χ2n) is 6.40. The Morgan fingerprint density at radius 1 is 1.22 bits per heavy atom. The second-order valence-corrected chi connectivity index (χ2v) is 6.40. The van der Waals surface area contributed by atoms with Crippen LogP contribution in [0.25, 0.3) is 10.9 Å². The Kier molecular flexibility index (Phi) is 4.01. The standard InChI is InChI=1S/C17H22N4O2/c22-17(16-12-6-2-3-7-13(12)19-20-16)18-14-10-23-11-15(14)21-8-4-1-5-9-21/h2-3,6-7,14-15H,1,4-5,8-11H2,(H,18,22)(H,19,20)/t14-,15-/m0/s1. The minimum absolute atomic E-state index is 0.0380. The van der Waals surface area contributed by atoms with E-state index in [1.165, 1.54) is 19.3 Å². The molecular formula is C17H22N4O2. The van der Waals surface area contributed by atoms with Gasteiger partial charge >= 0.3 is 0 Å². The molecule has 1 amide bonds. The predicted molar refractivity (Wildman–Crippen MR) is 87.4 cm³/mol. The molecule has 4 rings (SSSR count). The first-order valence-corrected chi connectivity index (χ1v) is 8.39. The molecule has 3 heterocycles. The van der Waals surface area contributed by atoms with Crippen molar-refractivity contribution in [3.05, 3.63) is 30.0 Å². The highest BCUT2D eigenvalue weighted by Gasteiger charge is 2.35. The van der Waals surface area contributed by atoms with Crippen molar-refractivity contribution in [3.8, 4) is 0 Å². The average molecular weight is 314 g/mol. The molecule has 2 aromatic rings. The average Bonchev–Trinajstić information content (AvgIpc) is 3.22. The van der Waals surface area contributed by atoms with Crippen LogP contribution in [0.4, 0.5) is 0 Å². The smallest absolute Gasteiger partial charge is 0.272 e. The number of aromatic nitrogens is 2. The van der Waals surface area contributed by atoms with E-state index in [1.807, 2.05) is 24.3 Å².